The van der Waals surface area contributed by atoms with Gasteiger partial charge in [0.25, 0.3) is 0 Å². The van der Waals surface area contributed by atoms with Crippen molar-refractivity contribution in [3.63, 3.8) is 0 Å². The Morgan fingerprint density at radius 1 is 0.880 bits per heavy atom. The van der Waals surface area contributed by atoms with Gasteiger partial charge >= 0.3 is 0 Å². The van der Waals surface area contributed by atoms with Gasteiger partial charge in [-0.25, -0.2) is 0 Å². The molecule has 0 saturated heterocycles. The van der Waals surface area contributed by atoms with Gasteiger partial charge in [-0.15, -0.1) is 0 Å². The molecule has 1 aliphatic heterocycles. The van der Waals surface area contributed by atoms with E-state index < -0.39 is 12.6 Å². The average molecular weight is 344 g/mol. The van der Waals surface area contributed by atoms with Gasteiger partial charge in [0.05, 0.1) is 19.8 Å². The molecule has 0 aromatic heterocycles. The number of aliphatic hydroxyl groups excluding tert-OH is 3. The zero-order chi connectivity index (χ0) is 17.8. The van der Waals surface area contributed by atoms with Crippen molar-refractivity contribution < 1.29 is 24.8 Å². The van der Waals surface area contributed by atoms with Crippen molar-refractivity contribution in [2.45, 2.75) is 39.0 Å². The maximum Gasteiger partial charge on any atom is 0.181 e. The molecule has 2 unspecified atom stereocenters. The van der Waals surface area contributed by atoms with Crippen LogP contribution in [-0.4, -0.2) is 28.5 Å². The van der Waals surface area contributed by atoms with Crippen LogP contribution in [0.1, 0.15) is 46.0 Å². The van der Waals surface area contributed by atoms with Crippen molar-refractivity contribution >= 4 is 0 Å². The van der Waals surface area contributed by atoms with Gasteiger partial charge in [-0.3, -0.25) is 0 Å². The molecule has 3 N–H and O–H groups in total. The SMILES string of the molecule is Cc1ccc2cc1C(O)OCCc1ccc(CO)c(c1)C(O)OCC2. The Hall–Kier alpha value is -1.76. The lowest BCUT2D eigenvalue weighted by Gasteiger charge is -2.20. The van der Waals surface area contributed by atoms with Crippen LogP contribution in [0.5, 0.6) is 0 Å². The van der Waals surface area contributed by atoms with Crippen molar-refractivity contribution in [2.75, 3.05) is 13.2 Å². The highest BCUT2D eigenvalue weighted by Crippen LogP contribution is 2.25. The van der Waals surface area contributed by atoms with E-state index in [2.05, 4.69) is 0 Å². The fraction of sp³-hybridized carbons (Fsp3) is 0.400. The first kappa shape index (κ1) is 18.0. The molecule has 1 aliphatic rings. The summed E-state index contributed by atoms with van der Waals surface area (Å²) < 4.78 is 11.2. The Kier molecular flexibility index (Phi) is 5.83. The Labute approximate surface area is 147 Å². The van der Waals surface area contributed by atoms with Crippen molar-refractivity contribution in [1.29, 1.82) is 0 Å². The summed E-state index contributed by atoms with van der Waals surface area (Å²) in [6.07, 6.45) is -0.862. The van der Waals surface area contributed by atoms with E-state index in [1.807, 2.05) is 37.3 Å². The third-order valence-corrected chi connectivity index (χ3v) is 4.59. The molecule has 2 aromatic carbocycles. The topological polar surface area (TPSA) is 79.2 Å². The molecule has 25 heavy (non-hydrogen) atoms. The molecule has 5 heteroatoms. The smallest absolute Gasteiger partial charge is 0.181 e. The predicted molar refractivity (Wildman–Crippen MR) is 92.8 cm³/mol. The van der Waals surface area contributed by atoms with Crippen LogP contribution in [0.25, 0.3) is 0 Å². The first-order valence-corrected chi connectivity index (χ1v) is 8.50. The molecule has 134 valence electrons. The van der Waals surface area contributed by atoms with Gasteiger partial charge in [-0.2, -0.15) is 0 Å². The average Bonchev–Trinajstić information content (AvgIpc) is 2.62. The molecular weight excluding hydrogens is 320 g/mol. The van der Waals surface area contributed by atoms with Gasteiger partial charge < -0.3 is 24.8 Å². The summed E-state index contributed by atoms with van der Waals surface area (Å²) in [5.74, 6) is 0. The number of aryl methyl sites for hydroxylation is 1. The number of rotatable bonds is 1. The molecule has 2 aromatic rings. The predicted octanol–water partition coefficient (Wildman–Crippen LogP) is 2.30. The fourth-order valence-electron chi connectivity index (χ4n) is 3.04. The molecule has 0 radical (unpaired) electrons. The standard InChI is InChI=1S/C20H24O5/c1-13-2-3-14-6-9-25-20(23)18-11-15(4-5-16(18)12-21)7-8-24-19(22)17(13)10-14/h2-5,10-11,19-23H,6-9,12H2,1H3. The van der Waals surface area contributed by atoms with Gasteiger partial charge in [0.15, 0.2) is 12.6 Å². The van der Waals surface area contributed by atoms with E-state index in [1.54, 1.807) is 6.07 Å². The molecule has 3 rings (SSSR count). The minimum Gasteiger partial charge on any atom is -0.392 e. The Morgan fingerprint density at radius 2 is 1.44 bits per heavy atom. The lowest BCUT2D eigenvalue weighted by molar-refractivity contribution is -0.105. The number of fused-ring (bicyclic) bond motifs is 4. The molecular formula is C20H24O5. The van der Waals surface area contributed by atoms with Crippen molar-refractivity contribution in [2.24, 2.45) is 0 Å². The maximum atomic E-state index is 10.4. The van der Waals surface area contributed by atoms with Crippen LogP contribution in [0.2, 0.25) is 0 Å². The minimum atomic E-state index is -1.08. The van der Waals surface area contributed by atoms with E-state index in [0.717, 1.165) is 22.3 Å². The van der Waals surface area contributed by atoms with Crippen LogP contribution in [0.4, 0.5) is 0 Å². The van der Waals surface area contributed by atoms with Gasteiger partial charge in [0.2, 0.25) is 0 Å². The van der Waals surface area contributed by atoms with Crippen molar-refractivity contribution in [3.05, 3.63) is 69.8 Å². The van der Waals surface area contributed by atoms with Crippen molar-refractivity contribution in [1.82, 2.24) is 0 Å². The monoisotopic (exact) mass is 344 g/mol. The van der Waals surface area contributed by atoms with Crippen LogP contribution < -0.4 is 0 Å². The molecule has 0 saturated carbocycles. The third-order valence-electron chi connectivity index (χ3n) is 4.59. The molecule has 0 spiro atoms. The molecule has 2 atom stereocenters. The van der Waals surface area contributed by atoms with E-state index in [0.29, 0.717) is 37.2 Å². The molecule has 0 amide bonds. The van der Waals surface area contributed by atoms with Crippen molar-refractivity contribution in [3.8, 4) is 0 Å². The zero-order valence-electron chi connectivity index (χ0n) is 14.3. The molecule has 1 heterocycles. The normalized spacial score (nSPS) is 21.6. The quantitative estimate of drug-likeness (QED) is 0.740. The zero-order valence-corrected chi connectivity index (χ0v) is 14.3. The molecule has 5 nitrogen and oxygen atoms in total. The summed E-state index contributed by atoms with van der Waals surface area (Å²) in [6.45, 7) is 2.46. The second kappa shape index (κ2) is 8.08. The van der Waals surface area contributed by atoms with E-state index in [-0.39, 0.29) is 6.61 Å². The fourth-order valence-corrected chi connectivity index (χ4v) is 3.04. The first-order chi connectivity index (χ1) is 12.1. The third kappa shape index (κ3) is 4.26. The van der Waals surface area contributed by atoms with Crippen LogP contribution in [0.3, 0.4) is 0 Å². The highest BCUT2D eigenvalue weighted by atomic mass is 16.6. The number of benzene rings is 2. The second-order valence-electron chi connectivity index (χ2n) is 6.33. The van der Waals surface area contributed by atoms with Gasteiger partial charge in [0.1, 0.15) is 0 Å². The summed E-state index contributed by atoms with van der Waals surface area (Å²) in [5.41, 5.74) is 4.89. The lowest BCUT2D eigenvalue weighted by Crippen LogP contribution is -2.13. The molecule has 4 bridgehead atoms. The van der Waals surface area contributed by atoms with Gasteiger partial charge in [-0.05, 0) is 42.0 Å². The van der Waals surface area contributed by atoms with Crippen LogP contribution in [0, 0.1) is 6.92 Å². The minimum absolute atomic E-state index is 0.160. The Bertz CT molecular complexity index is 728. The summed E-state index contributed by atoms with van der Waals surface area (Å²) in [6, 6.07) is 11.3. The van der Waals surface area contributed by atoms with E-state index in [9.17, 15) is 15.3 Å². The lowest BCUT2D eigenvalue weighted by atomic mass is 10.0. The summed E-state index contributed by atoms with van der Waals surface area (Å²) in [5, 5.41) is 30.2. The summed E-state index contributed by atoms with van der Waals surface area (Å²) in [4.78, 5) is 0. The first-order valence-electron chi connectivity index (χ1n) is 8.50. The number of hydrogen-bond acceptors (Lipinski definition) is 5. The molecule has 0 aliphatic carbocycles. The Morgan fingerprint density at radius 3 is 2.08 bits per heavy atom. The number of hydrogen-bond donors (Lipinski definition) is 3. The highest BCUT2D eigenvalue weighted by molar-refractivity contribution is 5.34. The van der Waals surface area contributed by atoms with Crippen LogP contribution >= 0.6 is 0 Å². The number of aliphatic hydroxyl groups is 3. The van der Waals surface area contributed by atoms with Crippen LogP contribution in [0.15, 0.2) is 36.4 Å². The highest BCUT2D eigenvalue weighted by Gasteiger charge is 2.16. The number of ether oxygens (including phenoxy) is 2. The van der Waals surface area contributed by atoms with Gasteiger partial charge in [-0.1, -0.05) is 36.4 Å². The summed E-state index contributed by atoms with van der Waals surface area (Å²) >= 11 is 0. The largest absolute Gasteiger partial charge is 0.392 e. The Balaban J connectivity index is 1.88. The second-order valence-corrected chi connectivity index (χ2v) is 6.33. The molecule has 0 fully saturated rings. The summed E-state index contributed by atoms with van der Waals surface area (Å²) in [7, 11) is 0. The van der Waals surface area contributed by atoms with Gasteiger partial charge in [0, 0.05) is 11.1 Å². The van der Waals surface area contributed by atoms with E-state index in [1.165, 1.54) is 0 Å². The van der Waals surface area contributed by atoms with E-state index >= 15 is 0 Å². The maximum absolute atomic E-state index is 10.4. The van der Waals surface area contributed by atoms with E-state index in [4.69, 9.17) is 9.47 Å². The van der Waals surface area contributed by atoms with Crippen LogP contribution in [-0.2, 0) is 28.9 Å².